The summed E-state index contributed by atoms with van der Waals surface area (Å²) in [7, 11) is 1.25. The molecule has 1 heterocycles. The molecule has 1 amide bonds. The van der Waals surface area contributed by atoms with E-state index in [0.717, 1.165) is 11.8 Å². The first-order valence-corrected chi connectivity index (χ1v) is 9.56. The Balaban J connectivity index is 2.13. The van der Waals surface area contributed by atoms with Crippen molar-refractivity contribution in [3.8, 4) is 11.5 Å². The van der Waals surface area contributed by atoms with Crippen LogP contribution >= 0.6 is 23.4 Å². The van der Waals surface area contributed by atoms with Gasteiger partial charge in [-0.05, 0) is 13.0 Å². The molecule has 1 aromatic carbocycles. The van der Waals surface area contributed by atoms with Crippen molar-refractivity contribution in [1.82, 2.24) is 5.32 Å². The first-order valence-electron chi connectivity index (χ1n) is 8.30. The van der Waals surface area contributed by atoms with Crippen LogP contribution < -0.4 is 14.8 Å². The number of benzene rings is 1. The Morgan fingerprint density at radius 2 is 2.07 bits per heavy atom. The van der Waals surface area contributed by atoms with Gasteiger partial charge in [-0.15, -0.1) is 5.10 Å². The summed E-state index contributed by atoms with van der Waals surface area (Å²) in [5.41, 5.74) is 0.460. The number of nitrogens with one attached hydrogen (secondary N) is 1. The quantitative estimate of drug-likeness (QED) is 0.334. The Bertz CT molecular complexity index is 860. The van der Waals surface area contributed by atoms with Gasteiger partial charge in [-0.25, -0.2) is 4.79 Å². The zero-order chi connectivity index (χ0) is 21.4. The fourth-order valence-corrected chi connectivity index (χ4v) is 3.23. The maximum Gasteiger partial charge on any atom is 0.343 e. The van der Waals surface area contributed by atoms with Crippen molar-refractivity contribution in [3.05, 3.63) is 22.7 Å². The molecule has 1 saturated heterocycles. The Hall–Kier alpha value is -2.79. The standard InChI is InChI=1S/C17H18ClN3O7S/c1-3-27-11-4-9(10(18)5-12(11)28-8-15(24)26-2)7-19-21-17-20-16(25)13(29-17)6-14(22)23/h4-5,7,13H,3,6,8H2,1-2H3,(H,22,23)(H,20,21,25). The number of aliphatic carboxylic acids is 1. The van der Waals surface area contributed by atoms with E-state index < -0.39 is 23.1 Å². The highest BCUT2D eigenvalue weighted by Gasteiger charge is 2.32. The number of halogens is 1. The number of hydrogen-bond acceptors (Lipinski definition) is 9. The SMILES string of the molecule is CCOc1cc(C=NN=C2NC(=O)C(CC(=O)O)S2)c(Cl)cc1OCC(=O)OC. The molecule has 1 fully saturated rings. The summed E-state index contributed by atoms with van der Waals surface area (Å²) >= 11 is 7.20. The molecule has 12 heteroatoms. The normalized spacial score (nSPS) is 17.4. The van der Waals surface area contributed by atoms with Gasteiger partial charge in [0.25, 0.3) is 0 Å². The van der Waals surface area contributed by atoms with Gasteiger partial charge in [0.05, 0.1) is 31.4 Å². The van der Waals surface area contributed by atoms with E-state index in [9.17, 15) is 14.4 Å². The summed E-state index contributed by atoms with van der Waals surface area (Å²) in [5, 5.41) is 18.7. The first-order chi connectivity index (χ1) is 13.8. The number of ether oxygens (including phenoxy) is 3. The van der Waals surface area contributed by atoms with Crippen LogP contribution in [0.25, 0.3) is 0 Å². The van der Waals surface area contributed by atoms with Gasteiger partial charge in [0, 0.05) is 11.6 Å². The van der Waals surface area contributed by atoms with Gasteiger partial charge >= 0.3 is 11.9 Å². The number of methoxy groups -OCH3 is 1. The lowest BCUT2D eigenvalue weighted by Gasteiger charge is -2.12. The summed E-state index contributed by atoms with van der Waals surface area (Å²) < 4.78 is 15.4. The second-order valence-electron chi connectivity index (χ2n) is 5.46. The summed E-state index contributed by atoms with van der Waals surface area (Å²) in [6.45, 7) is 1.83. The predicted molar refractivity (Wildman–Crippen MR) is 107 cm³/mol. The number of rotatable bonds is 9. The summed E-state index contributed by atoms with van der Waals surface area (Å²) in [6.07, 6.45) is 1.04. The van der Waals surface area contributed by atoms with E-state index in [0.29, 0.717) is 17.9 Å². The third kappa shape index (κ3) is 6.64. The van der Waals surface area contributed by atoms with E-state index in [1.807, 2.05) is 0 Å². The van der Waals surface area contributed by atoms with E-state index in [1.54, 1.807) is 13.0 Å². The molecule has 1 aromatic rings. The second kappa shape index (κ2) is 10.7. The molecule has 2 rings (SSSR count). The molecule has 1 aliphatic heterocycles. The monoisotopic (exact) mass is 443 g/mol. The summed E-state index contributed by atoms with van der Waals surface area (Å²) in [6, 6.07) is 3.04. The molecule has 2 N–H and O–H groups in total. The maximum atomic E-state index is 11.7. The number of esters is 1. The fraction of sp³-hybridized carbons (Fsp3) is 0.353. The minimum absolute atomic E-state index is 0.191. The Morgan fingerprint density at radius 1 is 1.34 bits per heavy atom. The van der Waals surface area contributed by atoms with Crippen molar-refractivity contribution in [1.29, 1.82) is 0 Å². The van der Waals surface area contributed by atoms with Gasteiger partial charge in [-0.2, -0.15) is 5.10 Å². The molecular weight excluding hydrogens is 426 g/mol. The van der Waals surface area contributed by atoms with Crippen molar-refractivity contribution in [3.63, 3.8) is 0 Å². The molecule has 1 atom stereocenters. The van der Waals surface area contributed by atoms with Gasteiger partial charge in [-0.3, -0.25) is 9.59 Å². The minimum Gasteiger partial charge on any atom is -0.490 e. The third-order valence-corrected chi connectivity index (χ3v) is 4.82. The van der Waals surface area contributed by atoms with Crippen molar-refractivity contribution in [2.45, 2.75) is 18.6 Å². The molecule has 1 aliphatic rings. The molecule has 156 valence electrons. The first kappa shape index (κ1) is 22.5. The lowest BCUT2D eigenvalue weighted by atomic mass is 10.2. The number of hydrogen-bond donors (Lipinski definition) is 2. The highest BCUT2D eigenvalue weighted by Crippen LogP contribution is 2.33. The zero-order valence-corrected chi connectivity index (χ0v) is 17.1. The van der Waals surface area contributed by atoms with Crippen LogP contribution in [-0.4, -0.2) is 59.9 Å². The van der Waals surface area contributed by atoms with Crippen molar-refractivity contribution >= 4 is 52.6 Å². The van der Waals surface area contributed by atoms with E-state index in [-0.39, 0.29) is 29.0 Å². The molecular formula is C17H18ClN3O7S. The molecule has 29 heavy (non-hydrogen) atoms. The number of amidine groups is 1. The minimum atomic E-state index is -1.08. The zero-order valence-electron chi connectivity index (χ0n) is 15.5. The highest BCUT2D eigenvalue weighted by molar-refractivity contribution is 8.15. The van der Waals surface area contributed by atoms with Gasteiger partial charge in [-0.1, -0.05) is 23.4 Å². The van der Waals surface area contributed by atoms with Crippen LogP contribution in [0.15, 0.2) is 22.3 Å². The van der Waals surface area contributed by atoms with Crippen LogP contribution in [0.2, 0.25) is 5.02 Å². The molecule has 0 radical (unpaired) electrons. The number of carbonyl (C=O) groups excluding carboxylic acids is 2. The molecule has 0 spiro atoms. The molecule has 0 aromatic heterocycles. The van der Waals surface area contributed by atoms with Crippen molar-refractivity contribution in [2.75, 3.05) is 20.3 Å². The highest BCUT2D eigenvalue weighted by atomic mass is 35.5. The number of amides is 1. The van der Waals surface area contributed by atoms with Crippen LogP contribution in [0, 0.1) is 0 Å². The fourth-order valence-electron chi connectivity index (χ4n) is 2.12. The van der Waals surface area contributed by atoms with E-state index in [1.165, 1.54) is 19.4 Å². The van der Waals surface area contributed by atoms with Gasteiger partial charge in [0.15, 0.2) is 23.3 Å². The molecule has 1 unspecified atom stereocenters. The number of carbonyl (C=O) groups is 3. The largest absolute Gasteiger partial charge is 0.490 e. The van der Waals surface area contributed by atoms with Gasteiger partial charge in [0.2, 0.25) is 5.91 Å². The lowest BCUT2D eigenvalue weighted by molar-refractivity contribution is -0.143. The topological polar surface area (TPSA) is 136 Å². The lowest BCUT2D eigenvalue weighted by Crippen LogP contribution is -2.26. The number of thioether (sulfide) groups is 1. The molecule has 0 saturated carbocycles. The summed E-state index contributed by atoms with van der Waals surface area (Å²) in [5.74, 6) is -1.45. The third-order valence-electron chi connectivity index (χ3n) is 3.42. The van der Waals surface area contributed by atoms with Crippen molar-refractivity contribution in [2.24, 2.45) is 10.2 Å². The van der Waals surface area contributed by atoms with Crippen LogP contribution in [-0.2, 0) is 19.1 Å². The Kier molecular flexibility index (Phi) is 8.28. The number of nitrogens with zero attached hydrogens (tertiary/aromatic N) is 2. The van der Waals surface area contributed by atoms with Crippen molar-refractivity contribution < 1.29 is 33.7 Å². The average Bonchev–Trinajstić information content (AvgIpc) is 3.01. The van der Waals surface area contributed by atoms with Crippen LogP contribution in [0.3, 0.4) is 0 Å². The van der Waals surface area contributed by atoms with Crippen LogP contribution in [0.4, 0.5) is 0 Å². The predicted octanol–water partition coefficient (Wildman–Crippen LogP) is 1.69. The molecule has 10 nitrogen and oxygen atoms in total. The van der Waals surface area contributed by atoms with Crippen LogP contribution in [0.1, 0.15) is 18.9 Å². The van der Waals surface area contributed by atoms with E-state index >= 15 is 0 Å². The number of carboxylic acid groups (broad SMARTS) is 1. The van der Waals surface area contributed by atoms with E-state index in [2.05, 4.69) is 20.3 Å². The number of carboxylic acids is 1. The molecule has 0 aliphatic carbocycles. The smallest absolute Gasteiger partial charge is 0.343 e. The second-order valence-corrected chi connectivity index (χ2v) is 7.06. The molecule has 0 bridgehead atoms. The average molecular weight is 444 g/mol. The Labute approximate surface area is 175 Å². The van der Waals surface area contributed by atoms with E-state index in [4.69, 9.17) is 26.2 Å². The maximum absolute atomic E-state index is 11.7. The van der Waals surface area contributed by atoms with Gasteiger partial charge < -0.3 is 24.6 Å². The van der Waals surface area contributed by atoms with Crippen LogP contribution in [0.5, 0.6) is 11.5 Å². The Morgan fingerprint density at radius 3 is 2.72 bits per heavy atom. The summed E-state index contributed by atoms with van der Waals surface area (Å²) in [4.78, 5) is 33.7. The van der Waals surface area contributed by atoms with Gasteiger partial charge in [0.1, 0.15) is 5.25 Å².